The van der Waals surface area contributed by atoms with Crippen molar-refractivity contribution in [3.05, 3.63) is 23.8 Å². The third-order valence-corrected chi connectivity index (χ3v) is 2.26. The summed E-state index contributed by atoms with van der Waals surface area (Å²) in [5, 5.41) is 11.2. The van der Waals surface area contributed by atoms with Crippen molar-refractivity contribution < 1.29 is 28.2 Å². The maximum absolute atomic E-state index is 12.1. The number of hydrogen-bond acceptors (Lipinski definition) is 4. The molecule has 0 unspecified atom stereocenters. The maximum Gasteiger partial charge on any atom is 0.387 e. The normalized spacial score (nSPS) is 10.4. The van der Waals surface area contributed by atoms with Gasteiger partial charge in [-0.2, -0.15) is 8.78 Å². The summed E-state index contributed by atoms with van der Waals surface area (Å²) in [6, 6.07) is 3.91. The van der Waals surface area contributed by atoms with Crippen LogP contribution in [-0.2, 0) is 0 Å². The summed E-state index contributed by atoms with van der Waals surface area (Å²) < 4.78 is 33.4. The lowest BCUT2D eigenvalue weighted by Crippen LogP contribution is -2.25. The summed E-state index contributed by atoms with van der Waals surface area (Å²) in [5.74, 6) is -0.463. The summed E-state index contributed by atoms with van der Waals surface area (Å²) in [7, 11) is 1.29. The quantitative estimate of drug-likeness (QED) is 0.738. The highest BCUT2D eigenvalue weighted by atomic mass is 19.3. The molecule has 0 radical (unpaired) electrons. The highest BCUT2D eigenvalue weighted by Crippen LogP contribution is 2.29. The summed E-state index contributed by atoms with van der Waals surface area (Å²) in [4.78, 5) is 11.7. The molecule has 106 valence electrons. The molecule has 2 N–H and O–H groups in total. The highest BCUT2D eigenvalue weighted by Gasteiger charge is 2.13. The predicted octanol–water partition coefficient (Wildman–Crippen LogP) is 1.41. The fraction of sp³-hybridized carbons (Fsp3) is 0.417. The molecule has 0 saturated carbocycles. The Hall–Kier alpha value is -1.89. The van der Waals surface area contributed by atoms with Gasteiger partial charge in [0.1, 0.15) is 0 Å². The molecular formula is C12H15F2NO4. The molecule has 1 amide bonds. The first-order chi connectivity index (χ1) is 9.08. The fourth-order valence-electron chi connectivity index (χ4n) is 1.39. The van der Waals surface area contributed by atoms with Crippen molar-refractivity contribution in [1.82, 2.24) is 5.32 Å². The molecule has 0 fully saturated rings. The lowest BCUT2D eigenvalue weighted by molar-refractivity contribution is -0.0512. The van der Waals surface area contributed by atoms with Gasteiger partial charge in [-0.15, -0.1) is 0 Å². The summed E-state index contributed by atoms with van der Waals surface area (Å²) in [5.41, 5.74) is 0.261. The number of amides is 1. The van der Waals surface area contributed by atoms with E-state index in [1.54, 1.807) is 0 Å². The van der Waals surface area contributed by atoms with E-state index < -0.39 is 6.61 Å². The van der Waals surface area contributed by atoms with Gasteiger partial charge >= 0.3 is 6.61 Å². The zero-order chi connectivity index (χ0) is 14.3. The van der Waals surface area contributed by atoms with Crippen LogP contribution in [0.25, 0.3) is 0 Å². The third kappa shape index (κ3) is 4.70. The number of alkyl halides is 2. The van der Waals surface area contributed by atoms with Gasteiger partial charge in [-0.3, -0.25) is 4.79 Å². The largest absolute Gasteiger partial charge is 0.493 e. The lowest BCUT2D eigenvalue weighted by Gasteiger charge is -2.11. The second-order valence-electron chi connectivity index (χ2n) is 3.58. The minimum Gasteiger partial charge on any atom is -0.493 e. The third-order valence-electron chi connectivity index (χ3n) is 2.26. The van der Waals surface area contributed by atoms with E-state index in [2.05, 4.69) is 10.1 Å². The van der Waals surface area contributed by atoms with Gasteiger partial charge in [-0.25, -0.2) is 0 Å². The molecule has 0 aromatic heterocycles. The SMILES string of the molecule is COc1cc(C(=O)NCCCO)ccc1OC(F)F. The summed E-state index contributed by atoms with van der Waals surface area (Å²) in [6.07, 6.45) is 0.440. The van der Waals surface area contributed by atoms with Crippen LogP contribution in [0.15, 0.2) is 18.2 Å². The van der Waals surface area contributed by atoms with E-state index in [-0.39, 0.29) is 29.6 Å². The molecule has 0 aliphatic rings. The van der Waals surface area contributed by atoms with Crippen LogP contribution in [0.1, 0.15) is 16.8 Å². The standard InChI is InChI=1S/C12H15F2NO4/c1-18-10-7-8(11(17)15-5-2-6-16)3-4-9(10)19-12(13)14/h3-4,7,12,16H,2,5-6H2,1H3,(H,15,17). The molecule has 0 atom stereocenters. The Bertz CT molecular complexity index is 426. The maximum atomic E-state index is 12.1. The first-order valence-corrected chi connectivity index (χ1v) is 5.60. The molecule has 5 nitrogen and oxygen atoms in total. The lowest BCUT2D eigenvalue weighted by atomic mass is 10.2. The zero-order valence-corrected chi connectivity index (χ0v) is 10.4. The van der Waals surface area contributed by atoms with Crippen LogP contribution >= 0.6 is 0 Å². The molecule has 0 bridgehead atoms. The van der Waals surface area contributed by atoms with E-state index in [9.17, 15) is 13.6 Å². The number of halogens is 2. The van der Waals surface area contributed by atoms with Crippen molar-refractivity contribution in [2.24, 2.45) is 0 Å². The number of aliphatic hydroxyl groups is 1. The van der Waals surface area contributed by atoms with Crippen LogP contribution in [0.5, 0.6) is 11.5 Å². The number of ether oxygens (including phenoxy) is 2. The Labute approximate surface area is 109 Å². The topological polar surface area (TPSA) is 67.8 Å². The van der Waals surface area contributed by atoms with E-state index >= 15 is 0 Å². The van der Waals surface area contributed by atoms with Gasteiger partial charge in [-0.05, 0) is 24.6 Å². The first-order valence-electron chi connectivity index (χ1n) is 5.60. The summed E-state index contributed by atoms with van der Waals surface area (Å²) >= 11 is 0. The molecule has 0 saturated heterocycles. The van der Waals surface area contributed by atoms with E-state index in [0.717, 1.165) is 0 Å². The monoisotopic (exact) mass is 275 g/mol. The first kappa shape index (κ1) is 15.2. The average molecular weight is 275 g/mol. The van der Waals surface area contributed by atoms with Crippen molar-refractivity contribution >= 4 is 5.91 Å². The minimum absolute atomic E-state index is 0.0230. The van der Waals surface area contributed by atoms with Crippen molar-refractivity contribution in [3.63, 3.8) is 0 Å². The molecule has 1 aromatic rings. The van der Waals surface area contributed by atoms with Gasteiger partial charge in [0.2, 0.25) is 0 Å². The Morgan fingerprint density at radius 3 is 2.74 bits per heavy atom. The van der Waals surface area contributed by atoms with Crippen LogP contribution in [-0.4, -0.2) is 37.9 Å². The number of benzene rings is 1. The summed E-state index contributed by atoms with van der Waals surface area (Å²) in [6.45, 7) is -2.66. The van der Waals surface area contributed by atoms with Gasteiger partial charge in [0.05, 0.1) is 7.11 Å². The Morgan fingerprint density at radius 2 is 2.16 bits per heavy atom. The molecule has 0 aliphatic carbocycles. The fourth-order valence-corrected chi connectivity index (χ4v) is 1.39. The number of methoxy groups -OCH3 is 1. The number of nitrogens with one attached hydrogen (secondary N) is 1. The second-order valence-corrected chi connectivity index (χ2v) is 3.58. The molecule has 0 spiro atoms. The smallest absolute Gasteiger partial charge is 0.387 e. The number of aliphatic hydroxyl groups excluding tert-OH is 1. The van der Waals surface area contributed by atoms with Gasteiger partial charge in [0.15, 0.2) is 11.5 Å². The van der Waals surface area contributed by atoms with Gasteiger partial charge in [-0.1, -0.05) is 0 Å². The van der Waals surface area contributed by atoms with E-state index in [4.69, 9.17) is 9.84 Å². The van der Waals surface area contributed by atoms with Gasteiger partial charge in [0.25, 0.3) is 5.91 Å². The molecule has 0 aliphatic heterocycles. The van der Waals surface area contributed by atoms with Crippen molar-refractivity contribution in [3.8, 4) is 11.5 Å². The number of hydrogen-bond donors (Lipinski definition) is 2. The van der Waals surface area contributed by atoms with Crippen LogP contribution in [0.2, 0.25) is 0 Å². The highest BCUT2D eigenvalue weighted by molar-refractivity contribution is 5.94. The van der Waals surface area contributed by atoms with Crippen LogP contribution in [0.4, 0.5) is 8.78 Å². The van der Waals surface area contributed by atoms with E-state index in [1.165, 1.54) is 25.3 Å². The average Bonchev–Trinajstić information content (AvgIpc) is 2.38. The van der Waals surface area contributed by atoms with Crippen molar-refractivity contribution in [1.29, 1.82) is 0 Å². The zero-order valence-electron chi connectivity index (χ0n) is 10.4. The molecule has 1 rings (SSSR count). The Morgan fingerprint density at radius 1 is 1.42 bits per heavy atom. The molecule has 7 heteroatoms. The molecule has 1 aromatic carbocycles. The number of rotatable bonds is 7. The predicted molar refractivity (Wildman–Crippen MR) is 63.7 cm³/mol. The van der Waals surface area contributed by atoms with E-state index in [1.807, 2.05) is 0 Å². The minimum atomic E-state index is -2.96. The van der Waals surface area contributed by atoms with E-state index in [0.29, 0.717) is 13.0 Å². The number of carbonyl (C=O) groups is 1. The van der Waals surface area contributed by atoms with Crippen molar-refractivity contribution in [2.45, 2.75) is 13.0 Å². The molecular weight excluding hydrogens is 260 g/mol. The second kappa shape index (κ2) is 7.52. The number of carbonyl (C=O) groups excluding carboxylic acids is 1. The molecule has 19 heavy (non-hydrogen) atoms. The van der Waals surface area contributed by atoms with Crippen molar-refractivity contribution in [2.75, 3.05) is 20.3 Å². The van der Waals surface area contributed by atoms with Gasteiger partial charge < -0.3 is 19.9 Å². The van der Waals surface area contributed by atoms with Crippen LogP contribution in [0, 0.1) is 0 Å². The Kier molecular flexibility index (Phi) is 6.01. The van der Waals surface area contributed by atoms with Gasteiger partial charge in [0, 0.05) is 18.7 Å². The van der Waals surface area contributed by atoms with Crippen LogP contribution in [0.3, 0.4) is 0 Å². The van der Waals surface area contributed by atoms with Crippen LogP contribution < -0.4 is 14.8 Å². The molecule has 0 heterocycles. The Balaban J connectivity index is 2.78.